The van der Waals surface area contributed by atoms with Gasteiger partial charge in [-0.3, -0.25) is 4.98 Å². The molecule has 0 unspecified atom stereocenters. The van der Waals surface area contributed by atoms with Crippen molar-refractivity contribution in [3.05, 3.63) is 28.8 Å². The monoisotopic (exact) mass is 160 g/mol. The summed E-state index contributed by atoms with van der Waals surface area (Å²) in [5.41, 5.74) is 5.52. The minimum Gasteiger partial charge on any atom is -0.326 e. The Morgan fingerprint density at radius 2 is 2.30 bits per heavy atom. The average Bonchev–Trinajstić information content (AvgIpc) is 1.95. The number of hydrogen-bond acceptors (Lipinski definition) is 2. The summed E-state index contributed by atoms with van der Waals surface area (Å²) in [6.07, 6.45) is 2.61. The maximum Gasteiger partial charge on any atom is 0.149 e. The van der Waals surface area contributed by atoms with Gasteiger partial charge in [-0.05, 0) is 0 Å². The summed E-state index contributed by atoms with van der Waals surface area (Å²) in [7, 11) is 0. The van der Waals surface area contributed by atoms with E-state index >= 15 is 0 Å². The molecule has 0 saturated heterocycles. The van der Waals surface area contributed by atoms with Crippen molar-refractivity contribution >= 4 is 11.6 Å². The van der Waals surface area contributed by atoms with Gasteiger partial charge in [0, 0.05) is 24.5 Å². The van der Waals surface area contributed by atoms with Crippen molar-refractivity contribution in [3.63, 3.8) is 0 Å². The van der Waals surface area contributed by atoms with Crippen LogP contribution in [0.1, 0.15) is 5.56 Å². The lowest BCUT2D eigenvalue weighted by atomic mass is 10.3. The molecule has 10 heavy (non-hydrogen) atoms. The molecular formula is C6H6ClFN2. The molecule has 1 rings (SSSR count). The van der Waals surface area contributed by atoms with Crippen molar-refractivity contribution in [2.45, 2.75) is 6.54 Å². The predicted octanol–water partition coefficient (Wildman–Crippen LogP) is 1.33. The molecule has 4 heteroatoms. The quantitative estimate of drug-likeness (QED) is 0.673. The summed E-state index contributed by atoms with van der Waals surface area (Å²) < 4.78 is 12.8. The maximum atomic E-state index is 12.8. The zero-order valence-corrected chi connectivity index (χ0v) is 5.90. The Bertz CT molecular complexity index is 239. The third kappa shape index (κ3) is 1.25. The van der Waals surface area contributed by atoms with Crippen molar-refractivity contribution in [1.82, 2.24) is 4.98 Å². The highest BCUT2D eigenvalue weighted by Gasteiger charge is 2.03. The molecule has 0 fully saturated rings. The first-order valence-electron chi connectivity index (χ1n) is 2.73. The van der Waals surface area contributed by atoms with Gasteiger partial charge in [-0.1, -0.05) is 11.6 Å². The molecule has 0 saturated carbocycles. The number of halogens is 2. The fourth-order valence-corrected chi connectivity index (χ4v) is 0.779. The van der Waals surface area contributed by atoms with Crippen molar-refractivity contribution in [2.75, 3.05) is 0 Å². The van der Waals surface area contributed by atoms with E-state index in [1.807, 2.05) is 0 Å². The largest absolute Gasteiger partial charge is 0.326 e. The lowest BCUT2D eigenvalue weighted by molar-refractivity contribution is 0.608. The number of hydrogen-bond donors (Lipinski definition) is 1. The lowest BCUT2D eigenvalue weighted by Gasteiger charge is -1.97. The standard InChI is InChI=1S/C6H6ClFN2/c7-5-3-10-2-4(1-9)6(5)8/h2-3H,1,9H2. The third-order valence-corrected chi connectivity index (χ3v) is 1.39. The zero-order chi connectivity index (χ0) is 7.56. The number of nitrogens with zero attached hydrogens (tertiary/aromatic N) is 1. The first-order chi connectivity index (χ1) is 4.75. The Balaban J connectivity index is 3.14. The van der Waals surface area contributed by atoms with Crippen LogP contribution in [0.25, 0.3) is 0 Å². The molecule has 0 aliphatic rings. The molecule has 0 bridgehead atoms. The van der Waals surface area contributed by atoms with Crippen LogP contribution in [0.2, 0.25) is 5.02 Å². The molecule has 1 aromatic rings. The van der Waals surface area contributed by atoms with Crippen molar-refractivity contribution in [1.29, 1.82) is 0 Å². The Hall–Kier alpha value is -0.670. The SMILES string of the molecule is NCc1cncc(Cl)c1F. The minimum absolute atomic E-state index is 0.0166. The van der Waals surface area contributed by atoms with Gasteiger partial charge in [-0.15, -0.1) is 0 Å². The topological polar surface area (TPSA) is 38.9 Å². The van der Waals surface area contributed by atoms with Crippen LogP contribution in [-0.2, 0) is 6.54 Å². The van der Waals surface area contributed by atoms with Crippen LogP contribution >= 0.6 is 11.6 Å². The average molecular weight is 161 g/mol. The van der Waals surface area contributed by atoms with Crippen molar-refractivity contribution < 1.29 is 4.39 Å². The van der Waals surface area contributed by atoms with E-state index in [0.29, 0.717) is 5.56 Å². The van der Waals surface area contributed by atoms with Crippen molar-refractivity contribution in [2.24, 2.45) is 5.73 Å². The van der Waals surface area contributed by atoms with Gasteiger partial charge >= 0.3 is 0 Å². The molecule has 2 nitrogen and oxygen atoms in total. The smallest absolute Gasteiger partial charge is 0.149 e. The second kappa shape index (κ2) is 2.94. The van der Waals surface area contributed by atoms with Gasteiger partial charge in [0.2, 0.25) is 0 Å². The Labute approximate surface area is 62.8 Å². The molecular weight excluding hydrogens is 155 g/mol. The fraction of sp³-hybridized carbons (Fsp3) is 0.167. The fourth-order valence-electron chi connectivity index (χ4n) is 0.602. The molecule has 0 atom stereocenters. The lowest BCUT2D eigenvalue weighted by Crippen LogP contribution is -2.00. The zero-order valence-electron chi connectivity index (χ0n) is 5.14. The van der Waals surface area contributed by atoms with E-state index in [-0.39, 0.29) is 11.6 Å². The molecule has 0 amide bonds. The summed E-state index contributed by atoms with van der Waals surface area (Å²) in [6, 6.07) is 0. The Kier molecular flexibility index (Phi) is 2.19. The van der Waals surface area contributed by atoms with E-state index < -0.39 is 5.82 Å². The van der Waals surface area contributed by atoms with Gasteiger partial charge in [0.05, 0.1) is 5.02 Å². The van der Waals surface area contributed by atoms with E-state index in [4.69, 9.17) is 17.3 Å². The normalized spacial score (nSPS) is 9.90. The van der Waals surface area contributed by atoms with Crippen LogP contribution < -0.4 is 5.73 Å². The van der Waals surface area contributed by atoms with Crippen molar-refractivity contribution in [3.8, 4) is 0 Å². The van der Waals surface area contributed by atoms with Crippen LogP contribution in [0.3, 0.4) is 0 Å². The van der Waals surface area contributed by atoms with E-state index in [0.717, 1.165) is 0 Å². The summed E-state index contributed by atoms with van der Waals surface area (Å²) in [4.78, 5) is 3.66. The first-order valence-corrected chi connectivity index (χ1v) is 3.11. The summed E-state index contributed by atoms with van der Waals surface area (Å²) in [5, 5.41) is 0.0166. The molecule has 2 N–H and O–H groups in total. The number of rotatable bonds is 1. The summed E-state index contributed by atoms with van der Waals surface area (Å²) in [5.74, 6) is -0.473. The van der Waals surface area contributed by atoms with Gasteiger partial charge in [-0.2, -0.15) is 0 Å². The third-order valence-electron chi connectivity index (χ3n) is 1.13. The maximum absolute atomic E-state index is 12.8. The summed E-state index contributed by atoms with van der Waals surface area (Å²) >= 11 is 5.40. The number of nitrogens with two attached hydrogens (primary N) is 1. The van der Waals surface area contributed by atoms with Gasteiger partial charge in [0.1, 0.15) is 5.82 Å². The summed E-state index contributed by atoms with van der Waals surface area (Å²) in [6.45, 7) is 0.124. The highest BCUT2D eigenvalue weighted by molar-refractivity contribution is 6.30. The van der Waals surface area contributed by atoms with Crippen LogP contribution in [0, 0.1) is 5.82 Å². The van der Waals surface area contributed by atoms with Gasteiger partial charge < -0.3 is 5.73 Å². The van der Waals surface area contributed by atoms with Crippen LogP contribution in [0.4, 0.5) is 4.39 Å². The molecule has 0 aliphatic carbocycles. The van der Waals surface area contributed by atoms with Gasteiger partial charge in [0.25, 0.3) is 0 Å². The van der Waals surface area contributed by atoms with Crippen LogP contribution in [0.5, 0.6) is 0 Å². The highest BCUT2D eigenvalue weighted by Crippen LogP contribution is 2.14. The predicted molar refractivity (Wildman–Crippen MR) is 37.1 cm³/mol. The van der Waals surface area contributed by atoms with E-state index in [1.165, 1.54) is 12.4 Å². The molecule has 0 radical (unpaired) electrons. The van der Waals surface area contributed by atoms with E-state index in [2.05, 4.69) is 4.98 Å². The Morgan fingerprint density at radius 3 is 2.80 bits per heavy atom. The molecule has 1 aromatic heterocycles. The van der Waals surface area contributed by atoms with Crippen LogP contribution in [0.15, 0.2) is 12.4 Å². The second-order valence-corrected chi connectivity index (χ2v) is 2.21. The van der Waals surface area contributed by atoms with E-state index in [9.17, 15) is 4.39 Å². The molecule has 0 spiro atoms. The van der Waals surface area contributed by atoms with Gasteiger partial charge in [-0.25, -0.2) is 4.39 Å². The molecule has 0 aromatic carbocycles. The number of aromatic nitrogens is 1. The highest BCUT2D eigenvalue weighted by atomic mass is 35.5. The van der Waals surface area contributed by atoms with Gasteiger partial charge in [0.15, 0.2) is 0 Å². The van der Waals surface area contributed by atoms with Crippen LogP contribution in [-0.4, -0.2) is 4.98 Å². The van der Waals surface area contributed by atoms with E-state index in [1.54, 1.807) is 0 Å². The second-order valence-electron chi connectivity index (χ2n) is 1.80. The molecule has 1 heterocycles. The molecule has 54 valence electrons. The molecule has 0 aliphatic heterocycles. The first kappa shape index (κ1) is 7.44. The Morgan fingerprint density at radius 1 is 1.60 bits per heavy atom. The minimum atomic E-state index is -0.473. The number of pyridine rings is 1.